The number of benzene rings is 2. The Bertz CT molecular complexity index is 1090. The number of carbonyl (C=O) groups is 1. The van der Waals surface area contributed by atoms with Crippen LogP contribution in [0, 0.1) is 17.0 Å². The average Bonchev–Trinajstić information content (AvgIpc) is 3.13. The molecule has 0 saturated carbocycles. The number of hydrogen-bond acceptors (Lipinski definition) is 6. The summed E-state index contributed by atoms with van der Waals surface area (Å²) in [6.45, 7) is 2.14. The summed E-state index contributed by atoms with van der Waals surface area (Å²) in [5.74, 6) is 1.69. The lowest BCUT2D eigenvalue weighted by Gasteiger charge is -2.17. The number of furan rings is 1. The van der Waals surface area contributed by atoms with Crippen LogP contribution < -0.4 is 9.47 Å². The maximum absolute atomic E-state index is 12.8. The third-order valence-electron chi connectivity index (χ3n) is 4.28. The second-order valence-corrected chi connectivity index (χ2v) is 6.95. The molecular formula is C21H19ClN2O6. The Balaban J connectivity index is 1.83. The molecule has 3 rings (SSSR count). The zero-order valence-corrected chi connectivity index (χ0v) is 17.3. The monoisotopic (exact) mass is 430 g/mol. The zero-order valence-electron chi connectivity index (χ0n) is 16.5. The number of carbonyl (C=O) groups excluding carboxylic acids is 1. The van der Waals surface area contributed by atoms with E-state index in [1.165, 1.54) is 42.3 Å². The number of amides is 1. The molecule has 0 bridgehead atoms. The number of rotatable bonds is 7. The molecule has 30 heavy (non-hydrogen) atoms. The first-order chi connectivity index (χ1) is 14.3. The molecule has 3 aromatic rings. The molecule has 0 atom stereocenters. The lowest BCUT2D eigenvalue weighted by Crippen LogP contribution is -2.26. The summed E-state index contributed by atoms with van der Waals surface area (Å²) in [5.41, 5.74) is 0.0914. The fourth-order valence-electron chi connectivity index (χ4n) is 2.82. The maximum Gasteiger partial charge on any atom is 0.313 e. The molecule has 0 aliphatic rings. The van der Waals surface area contributed by atoms with E-state index in [1.807, 2.05) is 19.1 Å². The summed E-state index contributed by atoms with van der Waals surface area (Å²) in [6.07, 6.45) is 0. The van der Waals surface area contributed by atoms with Crippen LogP contribution in [0.3, 0.4) is 0 Å². The zero-order chi connectivity index (χ0) is 21.8. The van der Waals surface area contributed by atoms with Crippen LogP contribution in [0.1, 0.15) is 21.9 Å². The van der Waals surface area contributed by atoms with Crippen molar-refractivity contribution in [1.82, 2.24) is 4.90 Å². The summed E-state index contributed by atoms with van der Waals surface area (Å²) >= 11 is 5.83. The Morgan fingerprint density at radius 3 is 2.50 bits per heavy atom. The van der Waals surface area contributed by atoms with Gasteiger partial charge < -0.3 is 18.8 Å². The molecule has 1 amide bonds. The van der Waals surface area contributed by atoms with Gasteiger partial charge in [0.25, 0.3) is 5.91 Å². The standard InChI is InChI=1S/C21H19ClN2O6/c1-13-4-7-16(29-13)12-23(2)21(25)14-5-8-19(20(10-14)28-3)30-18-9-6-15(22)11-17(18)24(26)27/h4-11H,12H2,1-3H3. The number of aryl methyl sites for hydroxylation is 1. The van der Waals surface area contributed by atoms with Crippen molar-refractivity contribution in [2.24, 2.45) is 0 Å². The lowest BCUT2D eigenvalue weighted by molar-refractivity contribution is -0.385. The van der Waals surface area contributed by atoms with Crippen molar-refractivity contribution < 1.29 is 23.6 Å². The van der Waals surface area contributed by atoms with Crippen molar-refractivity contribution in [3.8, 4) is 17.2 Å². The molecule has 1 aromatic heterocycles. The van der Waals surface area contributed by atoms with E-state index in [4.69, 9.17) is 25.5 Å². The largest absolute Gasteiger partial charge is 0.493 e. The SMILES string of the molecule is COc1cc(C(=O)N(C)Cc2ccc(C)o2)ccc1Oc1ccc(Cl)cc1[N+](=O)[O-]. The van der Waals surface area contributed by atoms with Crippen LogP contribution in [-0.4, -0.2) is 29.9 Å². The summed E-state index contributed by atoms with van der Waals surface area (Å²) in [4.78, 5) is 24.9. The Labute approximate surface area is 177 Å². The van der Waals surface area contributed by atoms with Gasteiger partial charge >= 0.3 is 5.69 Å². The van der Waals surface area contributed by atoms with E-state index < -0.39 is 4.92 Å². The van der Waals surface area contributed by atoms with Crippen molar-refractivity contribution in [3.05, 3.63) is 80.8 Å². The van der Waals surface area contributed by atoms with Gasteiger partial charge in [-0.15, -0.1) is 0 Å². The molecule has 9 heteroatoms. The highest BCUT2D eigenvalue weighted by Crippen LogP contribution is 2.38. The normalized spacial score (nSPS) is 10.5. The van der Waals surface area contributed by atoms with E-state index in [0.717, 1.165) is 5.76 Å². The van der Waals surface area contributed by atoms with Crippen LogP contribution in [0.15, 0.2) is 52.9 Å². The van der Waals surface area contributed by atoms with E-state index >= 15 is 0 Å². The van der Waals surface area contributed by atoms with E-state index in [-0.39, 0.29) is 33.9 Å². The molecule has 0 saturated heterocycles. The van der Waals surface area contributed by atoms with Gasteiger partial charge in [0.2, 0.25) is 5.75 Å². The third kappa shape index (κ3) is 4.72. The summed E-state index contributed by atoms with van der Waals surface area (Å²) in [5, 5.41) is 11.5. The molecule has 0 aliphatic heterocycles. The summed E-state index contributed by atoms with van der Waals surface area (Å²) in [6, 6.07) is 12.3. The molecule has 1 heterocycles. The first kappa shape index (κ1) is 21.2. The third-order valence-corrected chi connectivity index (χ3v) is 4.52. The van der Waals surface area contributed by atoms with Crippen molar-refractivity contribution in [3.63, 3.8) is 0 Å². The maximum atomic E-state index is 12.8. The van der Waals surface area contributed by atoms with E-state index in [2.05, 4.69) is 0 Å². The Morgan fingerprint density at radius 2 is 1.87 bits per heavy atom. The molecular weight excluding hydrogens is 412 g/mol. The minimum atomic E-state index is -0.586. The van der Waals surface area contributed by atoms with Crippen LogP contribution in [0.2, 0.25) is 5.02 Å². The number of methoxy groups -OCH3 is 1. The second kappa shape index (κ2) is 8.87. The van der Waals surface area contributed by atoms with Gasteiger partial charge in [-0.2, -0.15) is 0 Å². The van der Waals surface area contributed by atoms with Gasteiger partial charge in [-0.3, -0.25) is 14.9 Å². The highest BCUT2D eigenvalue weighted by Gasteiger charge is 2.20. The second-order valence-electron chi connectivity index (χ2n) is 6.51. The molecule has 0 unspecified atom stereocenters. The first-order valence-electron chi connectivity index (χ1n) is 8.89. The lowest BCUT2D eigenvalue weighted by atomic mass is 10.1. The number of hydrogen-bond donors (Lipinski definition) is 0. The topological polar surface area (TPSA) is 95.0 Å². The molecule has 8 nitrogen and oxygen atoms in total. The van der Waals surface area contributed by atoms with Crippen molar-refractivity contribution in [2.45, 2.75) is 13.5 Å². The number of nitro groups is 1. The first-order valence-corrected chi connectivity index (χ1v) is 9.27. The highest BCUT2D eigenvalue weighted by atomic mass is 35.5. The number of nitro benzene ring substituents is 1. The van der Waals surface area contributed by atoms with Crippen LogP contribution in [0.5, 0.6) is 17.2 Å². The van der Waals surface area contributed by atoms with Gasteiger partial charge in [0.05, 0.1) is 18.6 Å². The van der Waals surface area contributed by atoms with Gasteiger partial charge in [-0.1, -0.05) is 11.6 Å². The van der Waals surface area contributed by atoms with Crippen molar-refractivity contribution >= 4 is 23.2 Å². The highest BCUT2D eigenvalue weighted by molar-refractivity contribution is 6.30. The van der Waals surface area contributed by atoms with E-state index in [9.17, 15) is 14.9 Å². The smallest absolute Gasteiger partial charge is 0.313 e. The van der Waals surface area contributed by atoms with E-state index in [0.29, 0.717) is 17.9 Å². The Hall–Kier alpha value is -3.52. The Morgan fingerprint density at radius 1 is 1.13 bits per heavy atom. The van der Waals surface area contributed by atoms with Crippen LogP contribution in [0.4, 0.5) is 5.69 Å². The molecule has 0 aliphatic carbocycles. The predicted octanol–water partition coefficient (Wildman–Crippen LogP) is 5.22. The summed E-state index contributed by atoms with van der Waals surface area (Å²) in [7, 11) is 3.08. The van der Waals surface area contributed by atoms with Crippen molar-refractivity contribution in [2.75, 3.05) is 14.2 Å². The van der Waals surface area contributed by atoms with Crippen LogP contribution in [0.25, 0.3) is 0 Å². The van der Waals surface area contributed by atoms with E-state index in [1.54, 1.807) is 13.1 Å². The molecule has 156 valence electrons. The Kier molecular flexibility index (Phi) is 6.27. The van der Waals surface area contributed by atoms with Gasteiger partial charge in [-0.25, -0.2) is 0 Å². The van der Waals surface area contributed by atoms with Gasteiger partial charge in [-0.05, 0) is 49.4 Å². The summed E-state index contributed by atoms with van der Waals surface area (Å²) < 4.78 is 16.5. The van der Waals surface area contributed by atoms with Gasteiger partial charge in [0.1, 0.15) is 11.5 Å². The van der Waals surface area contributed by atoms with Crippen molar-refractivity contribution in [1.29, 1.82) is 0 Å². The number of halogens is 1. The number of ether oxygens (including phenoxy) is 2. The number of nitrogens with zero attached hydrogens (tertiary/aromatic N) is 2. The minimum absolute atomic E-state index is 0.00656. The fourth-order valence-corrected chi connectivity index (χ4v) is 2.99. The molecule has 0 radical (unpaired) electrons. The van der Waals surface area contributed by atoms with Gasteiger partial charge in [0, 0.05) is 23.7 Å². The molecule has 0 spiro atoms. The molecule has 2 aromatic carbocycles. The minimum Gasteiger partial charge on any atom is -0.493 e. The van der Waals surface area contributed by atoms with Crippen LogP contribution >= 0.6 is 11.6 Å². The van der Waals surface area contributed by atoms with Gasteiger partial charge in [0.15, 0.2) is 11.5 Å². The fraction of sp³-hybridized carbons (Fsp3) is 0.190. The molecule has 0 N–H and O–H groups in total. The predicted molar refractivity (Wildman–Crippen MR) is 110 cm³/mol. The average molecular weight is 431 g/mol. The quantitative estimate of drug-likeness (QED) is 0.376. The molecule has 0 fully saturated rings. The van der Waals surface area contributed by atoms with Crippen LogP contribution in [-0.2, 0) is 6.54 Å².